The van der Waals surface area contributed by atoms with Gasteiger partial charge in [0.25, 0.3) is 0 Å². The van der Waals surface area contributed by atoms with E-state index < -0.39 is 9.73 Å². The largest absolute Gasteiger partial charge is 0.376 e. The first-order chi connectivity index (χ1) is 10.4. The maximum Gasteiger partial charge on any atom is 0.250 e. The lowest BCUT2D eigenvalue weighted by molar-refractivity contribution is -0.121. The van der Waals surface area contributed by atoms with E-state index in [0.717, 1.165) is 19.4 Å². The molecule has 6 nitrogen and oxygen atoms in total. The van der Waals surface area contributed by atoms with Crippen LogP contribution >= 0.6 is 0 Å². The smallest absolute Gasteiger partial charge is 0.250 e. The lowest BCUT2D eigenvalue weighted by atomic mass is 10.2. The fraction of sp³-hybridized carbons (Fsp3) is 0.533. The maximum atomic E-state index is 11.9. The second kappa shape index (κ2) is 7.71. The van der Waals surface area contributed by atoms with Crippen molar-refractivity contribution in [3.8, 4) is 0 Å². The van der Waals surface area contributed by atoms with Gasteiger partial charge in [-0.05, 0) is 25.0 Å². The van der Waals surface area contributed by atoms with Gasteiger partial charge in [0, 0.05) is 28.8 Å². The molecule has 1 aromatic carbocycles. The van der Waals surface area contributed by atoms with Crippen LogP contribution in [-0.2, 0) is 24.0 Å². The number of hydrogen-bond acceptors (Lipinski definition) is 5. The second-order valence-electron chi connectivity index (χ2n) is 5.49. The average Bonchev–Trinajstić information content (AvgIpc) is 2.92. The third-order valence-electron chi connectivity index (χ3n) is 3.06. The molecule has 1 aromatic rings. The Morgan fingerprint density at radius 3 is 2.91 bits per heavy atom. The van der Waals surface area contributed by atoms with Crippen LogP contribution < -0.4 is 5.32 Å². The van der Waals surface area contributed by atoms with Crippen molar-refractivity contribution in [2.45, 2.75) is 18.9 Å². The molecule has 1 aliphatic rings. The predicted molar refractivity (Wildman–Crippen MR) is 86.9 cm³/mol. The van der Waals surface area contributed by atoms with Gasteiger partial charge in [-0.25, -0.2) is 4.21 Å². The lowest BCUT2D eigenvalue weighted by Crippen LogP contribution is -2.22. The number of benzene rings is 1. The van der Waals surface area contributed by atoms with Crippen LogP contribution in [0.1, 0.15) is 12.8 Å². The number of nitrogens with zero attached hydrogens (tertiary/aromatic N) is 1. The van der Waals surface area contributed by atoms with Gasteiger partial charge < -0.3 is 14.8 Å². The van der Waals surface area contributed by atoms with E-state index in [1.54, 1.807) is 36.8 Å². The van der Waals surface area contributed by atoms with E-state index in [1.807, 2.05) is 0 Å². The van der Waals surface area contributed by atoms with Crippen molar-refractivity contribution in [3.05, 3.63) is 24.3 Å². The number of rotatable bonds is 6. The van der Waals surface area contributed by atoms with Gasteiger partial charge >= 0.3 is 0 Å². The van der Waals surface area contributed by atoms with Crippen LogP contribution in [0.15, 0.2) is 28.6 Å². The Hall–Kier alpha value is -1.44. The summed E-state index contributed by atoms with van der Waals surface area (Å²) in [5.41, 5.74) is 1.04. The third-order valence-corrected chi connectivity index (χ3v) is 3.69. The highest BCUT2D eigenvalue weighted by molar-refractivity contribution is 7.92. The molecule has 1 unspecified atom stereocenters. The summed E-state index contributed by atoms with van der Waals surface area (Å²) in [6.45, 7) is 1.15. The Labute approximate surface area is 131 Å². The minimum atomic E-state index is -2.29. The fourth-order valence-corrected chi connectivity index (χ4v) is 2.77. The third kappa shape index (κ3) is 5.75. The van der Waals surface area contributed by atoms with Crippen LogP contribution in [0.25, 0.3) is 0 Å². The van der Waals surface area contributed by atoms with Gasteiger partial charge in [-0.1, -0.05) is 12.1 Å². The first-order valence-electron chi connectivity index (χ1n) is 7.19. The van der Waals surface area contributed by atoms with E-state index in [4.69, 9.17) is 9.47 Å². The molecule has 1 aliphatic heterocycles. The number of carbonyl (C=O) groups excluding carboxylic acids is 1. The minimum absolute atomic E-state index is 0.0399. The first-order valence-corrected chi connectivity index (χ1v) is 9.52. The van der Waals surface area contributed by atoms with Crippen LogP contribution in [0.3, 0.4) is 0 Å². The summed E-state index contributed by atoms with van der Waals surface area (Å²) in [5, 5.41) is 2.73. The zero-order valence-electron chi connectivity index (χ0n) is 12.9. The standard InChI is InChI=1S/C15H22N2O4S/c1-22(2,19)17-14-8-4-3-7-13(14)16-15(18)11-20-10-12-6-5-9-21-12/h3-4,7-8,12H,5-6,9-11H2,1-2H3,(H,16,18). The Kier molecular flexibility index (Phi) is 5.93. The highest BCUT2D eigenvalue weighted by Crippen LogP contribution is 2.25. The van der Waals surface area contributed by atoms with Gasteiger partial charge in [-0.2, -0.15) is 4.36 Å². The molecule has 0 radical (unpaired) electrons. The summed E-state index contributed by atoms with van der Waals surface area (Å²) in [6.07, 6.45) is 5.22. The Balaban J connectivity index is 1.90. The summed E-state index contributed by atoms with van der Waals surface area (Å²) in [6, 6.07) is 7.01. The Morgan fingerprint density at radius 2 is 2.23 bits per heavy atom. The molecule has 0 saturated carbocycles. The summed E-state index contributed by atoms with van der Waals surface area (Å²) >= 11 is 0. The van der Waals surface area contributed by atoms with E-state index in [-0.39, 0.29) is 18.6 Å². The van der Waals surface area contributed by atoms with Gasteiger partial charge in [-0.3, -0.25) is 4.79 Å². The zero-order valence-corrected chi connectivity index (χ0v) is 13.7. The predicted octanol–water partition coefficient (Wildman–Crippen LogP) is 2.18. The molecule has 2 rings (SSSR count). The van der Waals surface area contributed by atoms with Gasteiger partial charge in [-0.15, -0.1) is 0 Å². The summed E-state index contributed by atoms with van der Waals surface area (Å²) in [5.74, 6) is -0.264. The normalized spacial score (nSPS) is 18.2. The van der Waals surface area contributed by atoms with E-state index in [0.29, 0.717) is 18.0 Å². The fourth-order valence-electron chi connectivity index (χ4n) is 2.14. The van der Waals surface area contributed by atoms with Crippen LogP contribution in [-0.4, -0.2) is 48.6 Å². The van der Waals surface area contributed by atoms with Gasteiger partial charge in [0.05, 0.1) is 24.1 Å². The van der Waals surface area contributed by atoms with Crippen LogP contribution in [0.5, 0.6) is 0 Å². The van der Waals surface area contributed by atoms with Crippen molar-refractivity contribution >= 4 is 27.0 Å². The highest BCUT2D eigenvalue weighted by atomic mass is 32.2. The molecule has 0 bridgehead atoms. The average molecular weight is 326 g/mol. The van der Waals surface area contributed by atoms with Crippen LogP contribution in [0, 0.1) is 0 Å². The second-order valence-corrected chi connectivity index (χ2v) is 8.03. The van der Waals surface area contributed by atoms with Crippen molar-refractivity contribution < 1.29 is 18.5 Å². The number of carbonyl (C=O) groups is 1. The van der Waals surface area contributed by atoms with E-state index in [2.05, 4.69) is 9.68 Å². The maximum absolute atomic E-state index is 11.9. The highest BCUT2D eigenvalue weighted by Gasteiger charge is 2.16. The Bertz CT molecular complexity index is 624. The van der Waals surface area contributed by atoms with Crippen molar-refractivity contribution in [1.29, 1.82) is 0 Å². The molecule has 0 spiro atoms. The summed E-state index contributed by atoms with van der Waals surface area (Å²) in [7, 11) is -2.29. The van der Waals surface area contributed by atoms with Crippen LogP contribution in [0.2, 0.25) is 0 Å². The number of hydrogen-bond donors (Lipinski definition) is 1. The molecule has 122 valence electrons. The van der Waals surface area contributed by atoms with Gasteiger partial charge in [0.15, 0.2) is 0 Å². The molecule has 0 aliphatic carbocycles. The summed E-state index contributed by atoms with van der Waals surface area (Å²) in [4.78, 5) is 11.9. The van der Waals surface area contributed by atoms with Gasteiger partial charge in [0.2, 0.25) is 5.91 Å². The Morgan fingerprint density at radius 1 is 1.45 bits per heavy atom. The number of para-hydroxylation sites is 1. The molecule has 1 N–H and O–H groups in total. The molecule has 1 atom stereocenters. The molecule has 22 heavy (non-hydrogen) atoms. The number of anilines is 1. The van der Waals surface area contributed by atoms with Crippen molar-refractivity contribution in [3.63, 3.8) is 0 Å². The van der Waals surface area contributed by atoms with E-state index in [1.165, 1.54) is 0 Å². The summed E-state index contributed by atoms with van der Waals surface area (Å²) < 4.78 is 26.7. The SMILES string of the molecule is CS(C)(=O)=Nc1ccccc1NC(=O)COCC1CCCO1. The molecule has 1 heterocycles. The van der Waals surface area contributed by atoms with Gasteiger partial charge in [0.1, 0.15) is 6.61 Å². The van der Waals surface area contributed by atoms with Crippen LogP contribution in [0.4, 0.5) is 11.4 Å². The first kappa shape index (κ1) is 16.9. The number of ether oxygens (including phenoxy) is 2. The number of nitrogens with one attached hydrogen (secondary N) is 1. The monoisotopic (exact) mass is 326 g/mol. The topological polar surface area (TPSA) is 77.0 Å². The van der Waals surface area contributed by atoms with Crippen molar-refractivity contribution in [2.75, 3.05) is 37.6 Å². The van der Waals surface area contributed by atoms with Crippen molar-refractivity contribution in [2.24, 2.45) is 4.36 Å². The molecule has 1 fully saturated rings. The molecular formula is C15H22N2O4S. The molecular weight excluding hydrogens is 304 g/mol. The van der Waals surface area contributed by atoms with E-state index in [9.17, 15) is 9.00 Å². The van der Waals surface area contributed by atoms with E-state index >= 15 is 0 Å². The quantitative estimate of drug-likeness (QED) is 0.869. The number of amides is 1. The zero-order chi connectivity index (χ0) is 16.0. The van der Waals surface area contributed by atoms with Crippen molar-refractivity contribution in [1.82, 2.24) is 0 Å². The molecule has 1 saturated heterocycles. The molecule has 0 aromatic heterocycles. The molecule has 1 amide bonds. The molecule has 7 heteroatoms. The lowest BCUT2D eigenvalue weighted by Gasteiger charge is -2.11. The minimum Gasteiger partial charge on any atom is -0.376 e.